The van der Waals surface area contributed by atoms with E-state index in [1.807, 2.05) is 29.6 Å². The van der Waals surface area contributed by atoms with E-state index in [-0.39, 0.29) is 22.8 Å². The quantitative estimate of drug-likeness (QED) is 0.449. The Balaban J connectivity index is 0.00000225. The summed E-state index contributed by atoms with van der Waals surface area (Å²) in [7, 11) is 1.63. The fourth-order valence-electron chi connectivity index (χ4n) is 2.15. The molecule has 0 bridgehead atoms. The summed E-state index contributed by atoms with van der Waals surface area (Å²) in [5.41, 5.74) is 6.11. The first kappa shape index (κ1) is 19.1. The van der Waals surface area contributed by atoms with Crippen molar-refractivity contribution in [3.8, 4) is 17.0 Å². The summed E-state index contributed by atoms with van der Waals surface area (Å²) in [6.07, 6.45) is 1.70. The zero-order valence-corrected chi connectivity index (χ0v) is 16.2. The predicted octanol–water partition coefficient (Wildman–Crippen LogP) is 5.29. The van der Waals surface area contributed by atoms with Crippen molar-refractivity contribution >= 4 is 39.7 Å². The number of ether oxygens (including phenoxy) is 1. The lowest BCUT2D eigenvalue weighted by molar-refractivity contribution is 0.415. The van der Waals surface area contributed by atoms with E-state index in [9.17, 15) is 4.39 Å². The Morgan fingerprint density at radius 1 is 1.24 bits per heavy atom. The Morgan fingerprint density at radius 3 is 2.84 bits per heavy atom. The number of hydrogen-bond acceptors (Lipinski definition) is 5. The van der Waals surface area contributed by atoms with E-state index in [1.54, 1.807) is 32.4 Å². The molecule has 0 aliphatic carbocycles. The van der Waals surface area contributed by atoms with Gasteiger partial charge in [0.15, 0.2) is 0 Å². The third-order valence-corrected chi connectivity index (χ3v) is 4.17. The van der Waals surface area contributed by atoms with Crippen LogP contribution in [0.25, 0.3) is 11.3 Å². The minimum atomic E-state index is -0.213. The van der Waals surface area contributed by atoms with Crippen molar-refractivity contribution in [1.82, 2.24) is 4.98 Å². The molecule has 7 heteroatoms. The number of benzene rings is 2. The van der Waals surface area contributed by atoms with Crippen LogP contribution in [0.15, 0.2) is 52.9 Å². The molecule has 3 aromatic rings. The van der Waals surface area contributed by atoms with Gasteiger partial charge in [-0.05, 0) is 48.4 Å². The molecule has 0 aliphatic rings. The zero-order valence-electron chi connectivity index (χ0n) is 13.7. The Morgan fingerprint density at radius 2 is 2.08 bits per heavy atom. The first-order chi connectivity index (χ1) is 11.7. The number of nitrogens with one attached hydrogen (secondary N) is 1. The highest BCUT2D eigenvalue weighted by Crippen LogP contribution is 2.26. The summed E-state index contributed by atoms with van der Waals surface area (Å²) in [5, 5.41) is 6.77. The zero-order chi connectivity index (χ0) is 16.9. The van der Waals surface area contributed by atoms with E-state index >= 15 is 0 Å². The second-order valence-corrected chi connectivity index (χ2v) is 6.01. The van der Waals surface area contributed by atoms with Gasteiger partial charge in [-0.15, -0.1) is 28.3 Å². The second kappa shape index (κ2) is 8.73. The van der Waals surface area contributed by atoms with Gasteiger partial charge in [-0.3, -0.25) is 5.43 Å². The largest absolute Gasteiger partial charge is 0.497 e. The molecule has 1 N–H and O–H groups in total. The maximum atomic E-state index is 13.3. The van der Waals surface area contributed by atoms with Crippen LogP contribution in [0.5, 0.6) is 5.75 Å². The Kier molecular flexibility index (Phi) is 6.66. The molecule has 0 saturated carbocycles. The van der Waals surface area contributed by atoms with Crippen LogP contribution < -0.4 is 10.2 Å². The van der Waals surface area contributed by atoms with Gasteiger partial charge in [-0.25, -0.2) is 9.37 Å². The van der Waals surface area contributed by atoms with Gasteiger partial charge in [0.25, 0.3) is 0 Å². The van der Waals surface area contributed by atoms with Crippen LogP contribution in [0.1, 0.15) is 11.1 Å². The van der Waals surface area contributed by atoms with E-state index in [2.05, 4.69) is 15.5 Å². The first-order valence-electron chi connectivity index (χ1n) is 7.31. The van der Waals surface area contributed by atoms with Crippen molar-refractivity contribution < 1.29 is 9.13 Å². The minimum Gasteiger partial charge on any atom is -0.497 e. The third-order valence-electron chi connectivity index (χ3n) is 3.43. The van der Waals surface area contributed by atoms with Gasteiger partial charge in [0.2, 0.25) is 5.13 Å². The van der Waals surface area contributed by atoms with Gasteiger partial charge in [-0.2, -0.15) is 5.10 Å². The molecule has 0 saturated heterocycles. The molecule has 2 aromatic carbocycles. The lowest BCUT2D eigenvalue weighted by Gasteiger charge is -2.00. The van der Waals surface area contributed by atoms with Crippen molar-refractivity contribution in [3.63, 3.8) is 0 Å². The molecule has 25 heavy (non-hydrogen) atoms. The van der Waals surface area contributed by atoms with Gasteiger partial charge in [0.1, 0.15) is 11.6 Å². The van der Waals surface area contributed by atoms with Crippen LogP contribution in [-0.2, 0) is 0 Å². The molecular formula is C18H17BrFN3OS. The molecule has 0 spiro atoms. The Hall–Kier alpha value is -2.25. The molecule has 0 atom stereocenters. The highest BCUT2D eigenvalue weighted by Gasteiger charge is 2.06. The topological polar surface area (TPSA) is 46.5 Å². The number of nitrogens with zero attached hydrogens (tertiary/aromatic N) is 2. The van der Waals surface area contributed by atoms with Crippen molar-refractivity contribution in [2.75, 3.05) is 12.5 Å². The van der Waals surface area contributed by atoms with Gasteiger partial charge in [0.05, 0.1) is 19.0 Å². The maximum Gasteiger partial charge on any atom is 0.203 e. The molecule has 0 fully saturated rings. The normalized spacial score (nSPS) is 10.5. The Labute approximate surface area is 160 Å². The van der Waals surface area contributed by atoms with Crippen LogP contribution in [0.2, 0.25) is 0 Å². The van der Waals surface area contributed by atoms with Crippen molar-refractivity contribution in [1.29, 1.82) is 0 Å². The fraction of sp³-hybridized carbons (Fsp3) is 0.111. The summed E-state index contributed by atoms with van der Waals surface area (Å²) < 4.78 is 18.5. The van der Waals surface area contributed by atoms with Crippen LogP contribution in [-0.4, -0.2) is 18.3 Å². The highest BCUT2D eigenvalue weighted by atomic mass is 79.9. The summed E-state index contributed by atoms with van der Waals surface area (Å²) in [6, 6.07) is 12.6. The summed E-state index contributed by atoms with van der Waals surface area (Å²) >= 11 is 1.44. The van der Waals surface area contributed by atoms with Crippen molar-refractivity contribution in [3.05, 3.63) is 64.8 Å². The van der Waals surface area contributed by atoms with Gasteiger partial charge in [0, 0.05) is 10.9 Å². The molecule has 4 nitrogen and oxygen atoms in total. The molecule has 0 amide bonds. The maximum absolute atomic E-state index is 13.3. The predicted molar refractivity (Wildman–Crippen MR) is 107 cm³/mol. The molecule has 0 aliphatic heterocycles. The van der Waals surface area contributed by atoms with E-state index in [0.717, 1.165) is 22.6 Å². The van der Waals surface area contributed by atoms with Crippen molar-refractivity contribution in [2.45, 2.75) is 6.92 Å². The number of anilines is 1. The number of aryl methyl sites for hydroxylation is 1. The molecule has 130 valence electrons. The SMILES string of the molecule is Br.COc1cccc(C=NNc2nc(-c3ccc(F)c(C)c3)cs2)c1. The average Bonchev–Trinajstić information content (AvgIpc) is 3.06. The minimum absolute atomic E-state index is 0. The second-order valence-electron chi connectivity index (χ2n) is 5.15. The third kappa shape index (κ3) is 4.87. The molecule has 1 aromatic heterocycles. The smallest absolute Gasteiger partial charge is 0.203 e. The van der Waals surface area contributed by atoms with Crippen molar-refractivity contribution in [2.24, 2.45) is 5.10 Å². The molecule has 0 radical (unpaired) electrons. The van der Waals surface area contributed by atoms with E-state index in [0.29, 0.717) is 10.7 Å². The number of methoxy groups -OCH3 is 1. The summed E-state index contributed by atoms with van der Waals surface area (Å²) in [4.78, 5) is 4.46. The number of hydrazone groups is 1. The standard InChI is InChI=1S/C18H16FN3OS.BrH/c1-12-8-14(6-7-16(12)19)17-11-24-18(21-17)22-20-10-13-4-3-5-15(9-13)23-2;/h3-11H,1-2H3,(H,21,22);1H. The van der Waals surface area contributed by atoms with Gasteiger partial charge in [-0.1, -0.05) is 12.1 Å². The molecular weight excluding hydrogens is 405 g/mol. The van der Waals surface area contributed by atoms with Gasteiger partial charge < -0.3 is 4.74 Å². The molecule has 0 unspecified atom stereocenters. The number of thiazole rings is 1. The summed E-state index contributed by atoms with van der Waals surface area (Å²) in [6.45, 7) is 1.74. The van der Waals surface area contributed by atoms with Crippen LogP contribution >= 0.6 is 28.3 Å². The number of aromatic nitrogens is 1. The van der Waals surface area contributed by atoms with E-state index < -0.39 is 0 Å². The lowest BCUT2D eigenvalue weighted by atomic mass is 10.1. The molecule has 3 rings (SSSR count). The molecule has 1 heterocycles. The fourth-order valence-corrected chi connectivity index (χ4v) is 2.81. The van der Waals surface area contributed by atoms with E-state index in [1.165, 1.54) is 17.4 Å². The lowest BCUT2D eigenvalue weighted by Crippen LogP contribution is -1.91. The highest BCUT2D eigenvalue weighted by molar-refractivity contribution is 8.93. The van der Waals surface area contributed by atoms with Gasteiger partial charge >= 0.3 is 0 Å². The van der Waals surface area contributed by atoms with Crippen LogP contribution in [0, 0.1) is 12.7 Å². The van der Waals surface area contributed by atoms with Crippen LogP contribution in [0.4, 0.5) is 9.52 Å². The number of halogens is 2. The van der Waals surface area contributed by atoms with Crippen LogP contribution in [0.3, 0.4) is 0 Å². The van der Waals surface area contributed by atoms with E-state index in [4.69, 9.17) is 4.74 Å². The number of hydrogen-bond donors (Lipinski definition) is 1. The Bertz CT molecular complexity index is 882. The average molecular weight is 422 g/mol. The first-order valence-corrected chi connectivity index (χ1v) is 8.19. The monoisotopic (exact) mass is 421 g/mol. The number of rotatable bonds is 5. The summed E-state index contributed by atoms with van der Waals surface area (Å²) in [5.74, 6) is 0.567.